The van der Waals surface area contributed by atoms with Crippen molar-refractivity contribution in [3.63, 3.8) is 0 Å². The fourth-order valence-corrected chi connectivity index (χ4v) is 4.38. The number of carboxylic acids is 1. The number of aryl methyl sites for hydroxylation is 1. The Morgan fingerprint density at radius 3 is 2.41 bits per heavy atom. The first-order chi connectivity index (χ1) is 15.5. The maximum atomic E-state index is 10.6. The molecule has 1 unspecified atom stereocenters. The summed E-state index contributed by atoms with van der Waals surface area (Å²) in [5, 5.41) is 8.67. The number of methoxy groups -OCH3 is 2. The van der Waals surface area contributed by atoms with Crippen molar-refractivity contribution < 1.29 is 24.1 Å². The van der Waals surface area contributed by atoms with Gasteiger partial charge in [-0.25, -0.2) is 4.79 Å². The van der Waals surface area contributed by atoms with E-state index in [0.29, 0.717) is 5.75 Å². The van der Waals surface area contributed by atoms with Gasteiger partial charge in [0.25, 0.3) is 0 Å². The predicted molar refractivity (Wildman–Crippen MR) is 125 cm³/mol. The molecule has 32 heavy (non-hydrogen) atoms. The highest BCUT2D eigenvalue weighted by Gasteiger charge is 2.21. The Hall–Kier alpha value is -2.73. The SMILES string of the molecule is COc1cc2c(cc1OC)CC(CCCN(C)CCc1ccc(OCC(=O)O)cc1)CC2. The number of likely N-dealkylation sites (N-methyl/N-ethyl adjacent to an activating group) is 1. The predicted octanol–water partition coefficient (Wildman–Crippen LogP) is 4.23. The van der Waals surface area contributed by atoms with Crippen LogP contribution in [0.1, 0.15) is 36.0 Å². The molecule has 0 bridgehead atoms. The molecule has 6 nitrogen and oxygen atoms in total. The Morgan fingerprint density at radius 2 is 1.75 bits per heavy atom. The second-order valence-electron chi connectivity index (χ2n) is 8.61. The van der Waals surface area contributed by atoms with Gasteiger partial charge in [0.05, 0.1) is 14.2 Å². The van der Waals surface area contributed by atoms with Crippen molar-refractivity contribution in [2.24, 2.45) is 5.92 Å². The lowest BCUT2D eigenvalue weighted by Crippen LogP contribution is -2.23. The van der Waals surface area contributed by atoms with E-state index >= 15 is 0 Å². The van der Waals surface area contributed by atoms with Crippen molar-refractivity contribution in [3.8, 4) is 17.2 Å². The monoisotopic (exact) mass is 441 g/mol. The molecule has 1 atom stereocenters. The minimum Gasteiger partial charge on any atom is -0.493 e. The zero-order chi connectivity index (χ0) is 22.9. The second-order valence-corrected chi connectivity index (χ2v) is 8.61. The first-order valence-corrected chi connectivity index (χ1v) is 11.3. The van der Waals surface area contributed by atoms with E-state index in [1.807, 2.05) is 24.3 Å². The van der Waals surface area contributed by atoms with Gasteiger partial charge >= 0.3 is 5.97 Å². The van der Waals surface area contributed by atoms with E-state index in [2.05, 4.69) is 24.1 Å². The van der Waals surface area contributed by atoms with E-state index in [-0.39, 0.29) is 6.61 Å². The number of fused-ring (bicyclic) bond motifs is 1. The zero-order valence-electron chi connectivity index (χ0n) is 19.4. The Kier molecular flexibility index (Phi) is 8.80. The molecule has 0 saturated heterocycles. The number of rotatable bonds is 12. The zero-order valence-corrected chi connectivity index (χ0v) is 19.4. The van der Waals surface area contributed by atoms with Crippen LogP contribution in [0.5, 0.6) is 17.2 Å². The molecule has 174 valence electrons. The van der Waals surface area contributed by atoms with E-state index in [1.54, 1.807) is 14.2 Å². The van der Waals surface area contributed by atoms with Crippen LogP contribution in [0, 0.1) is 5.92 Å². The van der Waals surface area contributed by atoms with E-state index in [1.165, 1.54) is 36.0 Å². The third-order valence-corrected chi connectivity index (χ3v) is 6.26. The lowest BCUT2D eigenvalue weighted by molar-refractivity contribution is -0.139. The van der Waals surface area contributed by atoms with Crippen LogP contribution < -0.4 is 14.2 Å². The van der Waals surface area contributed by atoms with Crippen LogP contribution in [0.2, 0.25) is 0 Å². The van der Waals surface area contributed by atoms with Gasteiger partial charge in [0, 0.05) is 6.54 Å². The molecule has 0 heterocycles. The second kappa shape index (κ2) is 11.8. The van der Waals surface area contributed by atoms with E-state index in [9.17, 15) is 4.79 Å². The molecule has 1 aliphatic carbocycles. The van der Waals surface area contributed by atoms with Crippen molar-refractivity contribution in [1.29, 1.82) is 0 Å². The molecular weight excluding hydrogens is 406 g/mol. The lowest BCUT2D eigenvalue weighted by atomic mass is 9.81. The fraction of sp³-hybridized carbons (Fsp3) is 0.500. The van der Waals surface area contributed by atoms with E-state index in [0.717, 1.165) is 49.8 Å². The number of hydrogen-bond donors (Lipinski definition) is 1. The quantitative estimate of drug-likeness (QED) is 0.532. The average Bonchev–Trinajstić information content (AvgIpc) is 2.81. The Balaban J connectivity index is 1.38. The van der Waals surface area contributed by atoms with Crippen LogP contribution in [0.4, 0.5) is 0 Å². The Bertz CT molecular complexity index is 881. The van der Waals surface area contributed by atoms with Gasteiger partial charge in [-0.1, -0.05) is 12.1 Å². The van der Waals surface area contributed by atoms with Gasteiger partial charge in [-0.15, -0.1) is 0 Å². The van der Waals surface area contributed by atoms with Gasteiger partial charge in [-0.3, -0.25) is 0 Å². The van der Waals surface area contributed by atoms with Crippen LogP contribution in [0.15, 0.2) is 36.4 Å². The summed E-state index contributed by atoms with van der Waals surface area (Å²) in [5.74, 6) is 2.01. The summed E-state index contributed by atoms with van der Waals surface area (Å²) in [6.45, 7) is 1.78. The van der Waals surface area contributed by atoms with Gasteiger partial charge in [0.1, 0.15) is 5.75 Å². The number of carboxylic acid groups (broad SMARTS) is 1. The van der Waals surface area contributed by atoms with Crippen LogP contribution >= 0.6 is 0 Å². The van der Waals surface area contributed by atoms with Gasteiger partial charge in [0.2, 0.25) is 0 Å². The van der Waals surface area contributed by atoms with Gasteiger partial charge < -0.3 is 24.2 Å². The summed E-state index contributed by atoms with van der Waals surface area (Å²) in [5.41, 5.74) is 4.03. The molecule has 6 heteroatoms. The summed E-state index contributed by atoms with van der Waals surface area (Å²) < 4.78 is 16.1. The summed E-state index contributed by atoms with van der Waals surface area (Å²) in [6.07, 6.45) is 6.88. The third-order valence-electron chi connectivity index (χ3n) is 6.26. The maximum absolute atomic E-state index is 10.6. The minimum atomic E-state index is -0.965. The topological polar surface area (TPSA) is 68.2 Å². The number of nitrogens with zero attached hydrogens (tertiary/aromatic N) is 1. The van der Waals surface area contributed by atoms with Gasteiger partial charge in [-0.2, -0.15) is 0 Å². The first-order valence-electron chi connectivity index (χ1n) is 11.3. The molecular formula is C26H35NO5. The molecule has 0 saturated carbocycles. The summed E-state index contributed by atoms with van der Waals surface area (Å²) in [7, 11) is 5.57. The van der Waals surface area contributed by atoms with Crippen molar-refractivity contribution in [3.05, 3.63) is 53.1 Å². The molecule has 0 radical (unpaired) electrons. The molecule has 2 aromatic carbocycles. The van der Waals surface area contributed by atoms with Crippen molar-refractivity contribution in [2.45, 2.75) is 38.5 Å². The molecule has 1 aliphatic rings. The van der Waals surface area contributed by atoms with Gasteiger partial charge in [0.15, 0.2) is 18.1 Å². The highest BCUT2D eigenvalue weighted by molar-refractivity contribution is 5.68. The normalized spacial score (nSPS) is 15.3. The van der Waals surface area contributed by atoms with Crippen LogP contribution in [0.25, 0.3) is 0 Å². The standard InChI is InChI=1S/C26H35NO5/c1-27(14-12-19-7-10-23(11-8-19)32-18-26(28)29)13-4-5-20-6-9-21-16-24(30-2)25(31-3)17-22(21)15-20/h7-8,10-11,16-17,20H,4-6,9,12-15,18H2,1-3H3,(H,28,29). The highest BCUT2D eigenvalue weighted by atomic mass is 16.5. The number of hydrogen-bond acceptors (Lipinski definition) is 5. The summed E-state index contributed by atoms with van der Waals surface area (Å²) in [4.78, 5) is 13.0. The van der Waals surface area contributed by atoms with E-state index < -0.39 is 5.97 Å². The first kappa shape index (κ1) is 23.9. The lowest BCUT2D eigenvalue weighted by Gasteiger charge is -2.26. The molecule has 0 aromatic heterocycles. The molecule has 0 aliphatic heterocycles. The molecule has 0 spiro atoms. The number of carbonyl (C=O) groups is 1. The molecule has 0 fully saturated rings. The smallest absolute Gasteiger partial charge is 0.341 e. The Labute approximate surface area is 191 Å². The van der Waals surface area contributed by atoms with Crippen LogP contribution in [-0.2, 0) is 24.1 Å². The average molecular weight is 442 g/mol. The summed E-state index contributed by atoms with van der Waals surface area (Å²) in [6, 6.07) is 12.0. The molecule has 0 amide bonds. The van der Waals surface area contributed by atoms with Crippen LogP contribution in [0.3, 0.4) is 0 Å². The molecule has 2 aromatic rings. The van der Waals surface area contributed by atoms with Crippen LogP contribution in [-0.4, -0.2) is 56.9 Å². The number of ether oxygens (including phenoxy) is 3. The minimum absolute atomic E-state index is 0.309. The Morgan fingerprint density at radius 1 is 1.06 bits per heavy atom. The molecule has 3 rings (SSSR count). The molecule has 1 N–H and O–H groups in total. The number of benzene rings is 2. The van der Waals surface area contributed by atoms with E-state index in [4.69, 9.17) is 19.3 Å². The van der Waals surface area contributed by atoms with Crippen molar-refractivity contribution >= 4 is 5.97 Å². The van der Waals surface area contributed by atoms with Crippen molar-refractivity contribution in [1.82, 2.24) is 4.90 Å². The largest absolute Gasteiger partial charge is 0.493 e. The summed E-state index contributed by atoms with van der Waals surface area (Å²) >= 11 is 0. The number of aliphatic carboxylic acids is 1. The third kappa shape index (κ3) is 6.89. The highest BCUT2D eigenvalue weighted by Crippen LogP contribution is 2.36. The maximum Gasteiger partial charge on any atom is 0.341 e. The van der Waals surface area contributed by atoms with Gasteiger partial charge in [-0.05, 0) is 99.0 Å². The van der Waals surface area contributed by atoms with Crippen molar-refractivity contribution in [2.75, 3.05) is 41.0 Å². The fourth-order valence-electron chi connectivity index (χ4n) is 4.38.